The highest BCUT2D eigenvalue weighted by Gasteiger charge is 2.51. The van der Waals surface area contributed by atoms with E-state index in [0.29, 0.717) is 24.4 Å². The second kappa shape index (κ2) is 8.28. The van der Waals surface area contributed by atoms with Gasteiger partial charge >= 0.3 is 0 Å². The number of aromatic nitrogens is 2. The van der Waals surface area contributed by atoms with E-state index in [2.05, 4.69) is 15.3 Å². The minimum atomic E-state index is -3.75. The molecule has 2 aromatic rings. The summed E-state index contributed by atoms with van der Waals surface area (Å²) < 4.78 is 27.7. The second-order valence-corrected chi connectivity index (χ2v) is 13.1. The average Bonchev–Trinajstić information content (AvgIpc) is 2.78. The maximum Gasteiger partial charge on any atom is 0.244 e. The summed E-state index contributed by atoms with van der Waals surface area (Å²) in [7, 11) is -3.75. The smallest absolute Gasteiger partial charge is 0.244 e. The molecule has 1 N–H and O–H groups in total. The highest BCUT2D eigenvalue weighted by atomic mass is 35.5. The summed E-state index contributed by atoms with van der Waals surface area (Å²) in [6, 6.07) is 6.46. The zero-order chi connectivity index (χ0) is 23.5. The molecule has 0 radical (unpaired) electrons. The minimum Gasteiger partial charge on any atom is -0.310 e. The van der Waals surface area contributed by atoms with Gasteiger partial charge in [0.05, 0.1) is 17.3 Å². The van der Waals surface area contributed by atoms with Gasteiger partial charge in [0.15, 0.2) is 0 Å². The van der Waals surface area contributed by atoms with Gasteiger partial charge in [-0.2, -0.15) is 4.31 Å². The lowest BCUT2D eigenvalue weighted by Crippen LogP contribution is -2.47. The Labute approximate surface area is 205 Å². The Morgan fingerprint density at radius 1 is 1.09 bits per heavy atom. The highest BCUT2D eigenvalue weighted by Crippen LogP contribution is 2.61. The first-order valence-corrected chi connectivity index (χ1v) is 14.0. The number of carbonyl (C=O) groups excluding carboxylic acids is 1. The van der Waals surface area contributed by atoms with E-state index in [4.69, 9.17) is 11.6 Å². The van der Waals surface area contributed by atoms with Crippen molar-refractivity contribution in [2.24, 2.45) is 23.2 Å². The fourth-order valence-corrected chi connectivity index (χ4v) is 9.35. The molecule has 5 aliphatic rings. The van der Waals surface area contributed by atoms with Crippen molar-refractivity contribution in [3.05, 3.63) is 46.9 Å². The molecule has 7 rings (SSSR count). The Bertz CT molecular complexity index is 1210. The van der Waals surface area contributed by atoms with Crippen LogP contribution < -0.4 is 5.32 Å². The molecule has 4 aliphatic carbocycles. The number of hydrogen-bond acceptors (Lipinski definition) is 5. The first-order valence-electron chi connectivity index (χ1n) is 12.2. The molecule has 1 amide bonds. The predicted octanol–water partition coefficient (Wildman–Crippen LogP) is 4.42. The van der Waals surface area contributed by atoms with Crippen LogP contribution in [0.5, 0.6) is 0 Å². The Balaban J connectivity index is 1.18. The fraction of sp³-hybridized carbons (Fsp3) is 0.560. The van der Waals surface area contributed by atoms with Gasteiger partial charge in [0.25, 0.3) is 0 Å². The molecule has 9 heteroatoms. The van der Waals surface area contributed by atoms with Gasteiger partial charge in [-0.05, 0) is 80.2 Å². The summed E-state index contributed by atoms with van der Waals surface area (Å²) in [6.45, 7) is 0.412. The van der Waals surface area contributed by atoms with Crippen LogP contribution in [0.4, 0.5) is 5.82 Å². The molecule has 1 aromatic heterocycles. The minimum absolute atomic E-state index is 0.0222. The van der Waals surface area contributed by atoms with Crippen molar-refractivity contribution in [3.8, 4) is 0 Å². The Morgan fingerprint density at radius 2 is 1.76 bits per heavy atom. The topological polar surface area (TPSA) is 92.3 Å². The molecule has 1 aromatic carbocycles. The zero-order valence-electron chi connectivity index (χ0n) is 19.0. The van der Waals surface area contributed by atoms with Crippen molar-refractivity contribution >= 4 is 33.3 Å². The molecule has 4 fully saturated rings. The molecule has 0 unspecified atom stereocenters. The Hall–Kier alpha value is -2.03. The highest BCUT2D eigenvalue weighted by molar-refractivity contribution is 7.89. The van der Waals surface area contributed by atoms with E-state index in [-0.39, 0.29) is 34.3 Å². The number of anilines is 1. The lowest BCUT2D eigenvalue weighted by molar-refractivity contribution is -0.124. The maximum atomic E-state index is 13.2. The van der Waals surface area contributed by atoms with Crippen molar-refractivity contribution in [3.63, 3.8) is 0 Å². The van der Waals surface area contributed by atoms with Crippen LogP contribution in [-0.2, 0) is 27.8 Å². The quantitative estimate of drug-likeness (QED) is 0.656. The van der Waals surface area contributed by atoms with E-state index in [9.17, 15) is 13.2 Å². The average molecular weight is 501 g/mol. The van der Waals surface area contributed by atoms with Crippen LogP contribution in [0, 0.1) is 23.2 Å². The fourth-order valence-electron chi connectivity index (χ4n) is 7.46. The Kier molecular flexibility index (Phi) is 5.46. The van der Waals surface area contributed by atoms with Gasteiger partial charge in [0.1, 0.15) is 17.0 Å². The Morgan fingerprint density at radius 3 is 2.44 bits per heavy atom. The molecule has 1 aliphatic heterocycles. The molecule has 0 saturated heterocycles. The summed E-state index contributed by atoms with van der Waals surface area (Å²) in [5.74, 6) is 2.95. The van der Waals surface area contributed by atoms with Gasteiger partial charge in [-0.3, -0.25) is 4.79 Å². The van der Waals surface area contributed by atoms with Crippen LogP contribution in [0.25, 0.3) is 0 Å². The third-order valence-electron chi connectivity index (χ3n) is 8.38. The summed E-state index contributed by atoms with van der Waals surface area (Å²) >= 11 is 6.16. The van der Waals surface area contributed by atoms with Gasteiger partial charge < -0.3 is 5.32 Å². The number of fused-ring (bicyclic) bond motifs is 1. The zero-order valence-corrected chi connectivity index (χ0v) is 20.6. The van der Waals surface area contributed by atoms with E-state index in [1.54, 1.807) is 18.2 Å². The molecule has 0 spiro atoms. The van der Waals surface area contributed by atoms with E-state index < -0.39 is 10.0 Å². The maximum absolute atomic E-state index is 13.2. The number of amides is 1. The molecule has 7 nitrogen and oxygen atoms in total. The van der Waals surface area contributed by atoms with Crippen molar-refractivity contribution < 1.29 is 13.2 Å². The molecule has 4 bridgehead atoms. The molecule has 0 atom stereocenters. The first kappa shape index (κ1) is 22.4. The number of hydrogen-bond donors (Lipinski definition) is 1. The van der Waals surface area contributed by atoms with Gasteiger partial charge in [-0.25, -0.2) is 18.4 Å². The predicted molar refractivity (Wildman–Crippen MR) is 129 cm³/mol. The lowest BCUT2D eigenvalue weighted by atomic mass is 9.49. The summed E-state index contributed by atoms with van der Waals surface area (Å²) in [5.41, 5.74) is 1.61. The SMILES string of the molecule is O=C(CC12CC3CC(CC(C3)C1)C2)Nc1ncnc2c1CCN(S(=O)(=O)c1ccccc1Cl)C2. The number of halogens is 1. The third kappa shape index (κ3) is 3.93. The molecule has 180 valence electrons. The van der Waals surface area contributed by atoms with Crippen molar-refractivity contribution in [1.29, 1.82) is 0 Å². The van der Waals surface area contributed by atoms with Gasteiger partial charge in [0.2, 0.25) is 15.9 Å². The summed E-state index contributed by atoms with van der Waals surface area (Å²) in [5, 5.41) is 3.26. The number of carbonyl (C=O) groups is 1. The van der Waals surface area contributed by atoms with Crippen LogP contribution >= 0.6 is 11.6 Å². The lowest BCUT2D eigenvalue weighted by Gasteiger charge is -2.56. The van der Waals surface area contributed by atoms with Gasteiger partial charge in [0, 0.05) is 18.5 Å². The first-order chi connectivity index (χ1) is 16.3. The van der Waals surface area contributed by atoms with Crippen LogP contribution in [0.15, 0.2) is 35.5 Å². The number of nitrogens with one attached hydrogen (secondary N) is 1. The third-order valence-corrected chi connectivity index (χ3v) is 10.7. The largest absolute Gasteiger partial charge is 0.310 e. The van der Waals surface area contributed by atoms with Crippen LogP contribution in [-0.4, -0.2) is 35.1 Å². The standard InChI is InChI=1S/C25H29ClN4O3S/c26-20-3-1-2-4-22(20)34(32,33)30-6-5-19-21(14-30)27-15-28-24(19)29-23(31)13-25-10-16-7-17(11-25)9-18(8-16)12-25/h1-4,15-18H,5-14H2,(H,27,28,29,31). The van der Waals surface area contributed by atoms with E-state index in [1.807, 2.05) is 0 Å². The van der Waals surface area contributed by atoms with E-state index >= 15 is 0 Å². The van der Waals surface area contributed by atoms with E-state index in [1.165, 1.54) is 55.2 Å². The number of nitrogens with zero attached hydrogens (tertiary/aromatic N) is 3. The van der Waals surface area contributed by atoms with Gasteiger partial charge in [-0.15, -0.1) is 0 Å². The summed E-state index contributed by atoms with van der Waals surface area (Å²) in [4.78, 5) is 21.9. The van der Waals surface area contributed by atoms with Crippen LogP contribution in [0.2, 0.25) is 5.02 Å². The molecule has 2 heterocycles. The van der Waals surface area contributed by atoms with Crippen LogP contribution in [0.1, 0.15) is 56.2 Å². The van der Waals surface area contributed by atoms with Crippen LogP contribution in [0.3, 0.4) is 0 Å². The molecular weight excluding hydrogens is 472 g/mol. The summed E-state index contributed by atoms with van der Waals surface area (Å²) in [6.07, 6.45) is 10.0. The molecular formula is C25H29ClN4O3S. The van der Waals surface area contributed by atoms with Crippen molar-refractivity contribution in [2.75, 3.05) is 11.9 Å². The second-order valence-electron chi connectivity index (χ2n) is 10.8. The van der Waals surface area contributed by atoms with E-state index in [0.717, 1.165) is 23.3 Å². The van der Waals surface area contributed by atoms with Crippen molar-refractivity contribution in [1.82, 2.24) is 14.3 Å². The number of benzene rings is 1. The monoisotopic (exact) mass is 500 g/mol. The number of rotatable bonds is 5. The molecule has 34 heavy (non-hydrogen) atoms. The normalized spacial score (nSPS) is 30.2. The van der Waals surface area contributed by atoms with Crippen molar-refractivity contribution in [2.45, 2.75) is 62.8 Å². The van der Waals surface area contributed by atoms with Gasteiger partial charge in [-0.1, -0.05) is 23.7 Å². The number of sulfonamides is 1. The molecule has 4 saturated carbocycles.